The molecule has 11 heteroatoms. The lowest BCUT2D eigenvalue weighted by Gasteiger charge is -2.54. The molecule has 3 amide bonds. The number of nitrogens with zero attached hydrogens (tertiary/aromatic N) is 8. The van der Waals surface area contributed by atoms with Crippen LogP contribution in [0, 0.1) is 16.7 Å². The zero-order valence-electron chi connectivity index (χ0n) is 22.1. The van der Waals surface area contributed by atoms with E-state index in [1.807, 2.05) is 44.0 Å². The summed E-state index contributed by atoms with van der Waals surface area (Å²) in [6.07, 6.45) is 12.2. The minimum absolute atomic E-state index is 0.000743. The van der Waals surface area contributed by atoms with Gasteiger partial charge in [0, 0.05) is 68.2 Å². The molecule has 3 fully saturated rings. The molecule has 0 unspecified atom stereocenters. The number of methoxy groups -OCH3 is 1. The molecule has 39 heavy (non-hydrogen) atoms. The molecule has 6 heterocycles. The van der Waals surface area contributed by atoms with Crippen molar-refractivity contribution in [1.82, 2.24) is 34.1 Å². The van der Waals surface area contributed by atoms with Gasteiger partial charge in [0.25, 0.3) is 0 Å². The lowest BCUT2D eigenvalue weighted by atomic mass is 9.72. The molecule has 6 rings (SSSR count). The van der Waals surface area contributed by atoms with Crippen molar-refractivity contribution >= 4 is 17.5 Å². The minimum Gasteiger partial charge on any atom is -0.494 e. The van der Waals surface area contributed by atoms with E-state index in [4.69, 9.17) is 4.74 Å². The molecule has 3 aliphatic heterocycles. The van der Waals surface area contributed by atoms with Crippen LogP contribution in [0.25, 0.3) is 16.6 Å². The Balaban J connectivity index is 1.05. The molecule has 3 saturated heterocycles. The second kappa shape index (κ2) is 9.76. The third-order valence-electron chi connectivity index (χ3n) is 8.59. The van der Waals surface area contributed by atoms with E-state index in [-0.39, 0.29) is 23.4 Å². The largest absolute Gasteiger partial charge is 0.494 e. The van der Waals surface area contributed by atoms with E-state index in [0.29, 0.717) is 29.9 Å². The van der Waals surface area contributed by atoms with Gasteiger partial charge in [0.05, 0.1) is 25.5 Å². The average molecular weight is 529 g/mol. The molecule has 0 bridgehead atoms. The Morgan fingerprint density at radius 2 is 1.77 bits per heavy atom. The molecular weight excluding hydrogens is 496 g/mol. The maximum absolute atomic E-state index is 13.2. The normalized spacial score (nSPS) is 19.1. The van der Waals surface area contributed by atoms with Gasteiger partial charge >= 0.3 is 6.03 Å². The molecule has 0 radical (unpaired) electrons. The lowest BCUT2D eigenvalue weighted by molar-refractivity contribution is -0.140. The van der Waals surface area contributed by atoms with E-state index < -0.39 is 0 Å². The van der Waals surface area contributed by atoms with E-state index in [2.05, 4.69) is 22.8 Å². The van der Waals surface area contributed by atoms with E-state index in [0.717, 1.165) is 63.0 Å². The number of amides is 3. The highest BCUT2D eigenvalue weighted by atomic mass is 16.5. The number of ether oxygens (including phenoxy) is 1. The standard InChI is InChI=1S/C28H32N8O3/c1-3-25(37)34-18-28(19-34)6-10-33(11-7-28)27(38)32-8-4-23(5-9-32)35-17-22(15-30-35)20-12-24(39-2)26-21(13-29)14-31-36(26)16-20/h3,12,14-17,23H,1,4-11,18-19H2,2H3. The van der Waals surface area contributed by atoms with Crippen molar-refractivity contribution in [3.63, 3.8) is 0 Å². The molecule has 0 aliphatic carbocycles. The Hall–Kier alpha value is -4.33. The van der Waals surface area contributed by atoms with E-state index >= 15 is 0 Å². The fourth-order valence-electron chi connectivity index (χ4n) is 6.23. The maximum atomic E-state index is 13.2. The van der Waals surface area contributed by atoms with E-state index in [9.17, 15) is 14.9 Å². The second-order valence-corrected chi connectivity index (χ2v) is 10.9. The van der Waals surface area contributed by atoms with Gasteiger partial charge in [0.15, 0.2) is 0 Å². The van der Waals surface area contributed by atoms with Gasteiger partial charge in [-0.1, -0.05) is 6.58 Å². The van der Waals surface area contributed by atoms with Gasteiger partial charge in [0.2, 0.25) is 5.91 Å². The summed E-state index contributed by atoms with van der Waals surface area (Å²) >= 11 is 0. The van der Waals surface area contributed by atoms with Gasteiger partial charge in [-0.15, -0.1) is 0 Å². The Bertz CT molecular complexity index is 1460. The van der Waals surface area contributed by atoms with Crippen LogP contribution in [0.4, 0.5) is 4.79 Å². The van der Waals surface area contributed by atoms with Crippen LogP contribution in [0.3, 0.4) is 0 Å². The zero-order valence-corrected chi connectivity index (χ0v) is 22.1. The highest BCUT2D eigenvalue weighted by Crippen LogP contribution is 2.41. The fraction of sp³-hybridized carbons (Fsp3) is 0.464. The highest BCUT2D eigenvalue weighted by Gasteiger charge is 2.47. The summed E-state index contributed by atoms with van der Waals surface area (Å²) in [6.45, 7) is 8.02. The molecule has 3 aromatic heterocycles. The van der Waals surface area contributed by atoms with Gasteiger partial charge in [-0.3, -0.25) is 9.48 Å². The predicted octanol–water partition coefficient (Wildman–Crippen LogP) is 2.95. The van der Waals surface area contributed by atoms with Crippen LogP contribution in [0.5, 0.6) is 5.75 Å². The first-order valence-corrected chi connectivity index (χ1v) is 13.4. The van der Waals surface area contributed by atoms with E-state index in [1.54, 1.807) is 11.6 Å². The summed E-state index contributed by atoms with van der Waals surface area (Å²) in [4.78, 5) is 30.8. The molecule has 0 aromatic carbocycles. The molecule has 0 saturated carbocycles. The first-order chi connectivity index (χ1) is 18.9. The molecule has 1 spiro atoms. The number of urea groups is 1. The van der Waals surface area contributed by atoms with Crippen LogP contribution in [-0.4, -0.2) is 92.4 Å². The van der Waals surface area contributed by atoms with Crippen molar-refractivity contribution in [3.8, 4) is 22.9 Å². The van der Waals surface area contributed by atoms with Gasteiger partial charge < -0.3 is 19.4 Å². The first kappa shape index (κ1) is 25.0. The number of piperidine rings is 2. The number of likely N-dealkylation sites (tertiary alicyclic amines) is 3. The number of fused-ring (bicyclic) bond motifs is 1. The third kappa shape index (κ3) is 4.39. The molecule has 11 nitrogen and oxygen atoms in total. The molecular formula is C28H32N8O3. The van der Waals surface area contributed by atoms with Crippen molar-refractivity contribution in [2.75, 3.05) is 46.4 Å². The minimum atomic E-state index is -0.000743. The third-order valence-corrected chi connectivity index (χ3v) is 8.59. The topological polar surface area (TPSA) is 112 Å². The number of hydrogen-bond donors (Lipinski definition) is 0. The van der Waals surface area contributed by atoms with Gasteiger partial charge in [-0.2, -0.15) is 15.5 Å². The van der Waals surface area contributed by atoms with Gasteiger partial charge in [0.1, 0.15) is 22.9 Å². The molecule has 0 atom stereocenters. The Labute approximate surface area is 226 Å². The maximum Gasteiger partial charge on any atom is 0.320 e. The summed E-state index contributed by atoms with van der Waals surface area (Å²) in [6, 6.07) is 4.40. The number of pyridine rings is 1. The molecule has 0 N–H and O–H groups in total. The average Bonchev–Trinajstić information content (AvgIpc) is 3.62. The number of carbonyl (C=O) groups is 2. The summed E-state index contributed by atoms with van der Waals surface area (Å²) in [5.41, 5.74) is 3.12. The summed E-state index contributed by atoms with van der Waals surface area (Å²) < 4.78 is 9.20. The van der Waals surface area contributed by atoms with Crippen LogP contribution in [0.2, 0.25) is 0 Å². The number of nitriles is 1. The smallest absolute Gasteiger partial charge is 0.320 e. The van der Waals surface area contributed by atoms with Crippen LogP contribution in [0.1, 0.15) is 37.3 Å². The molecule has 202 valence electrons. The van der Waals surface area contributed by atoms with Crippen LogP contribution in [0.15, 0.2) is 43.5 Å². The number of rotatable bonds is 4. The summed E-state index contributed by atoms with van der Waals surface area (Å²) in [5, 5.41) is 18.3. The summed E-state index contributed by atoms with van der Waals surface area (Å²) in [5.74, 6) is 0.587. The Morgan fingerprint density at radius 3 is 2.44 bits per heavy atom. The highest BCUT2D eigenvalue weighted by molar-refractivity contribution is 5.87. The van der Waals surface area contributed by atoms with Crippen molar-refractivity contribution in [2.45, 2.75) is 31.7 Å². The van der Waals surface area contributed by atoms with Crippen LogP contribution >= 0.6 is 0 Å². The van der Waals surface area contributed by atoms with Crippen molar-refractivity contribution < 1.29 is 14.3 Å². The van der Waals surface area contributed by atoms with Gasteiger partial charge in [-0.25, -0.2) is 9.31 Å². The van der Waals surface area contributed by atoms with Crippen LogP contribution < -0.4 is 4.74 Å². The quantitative estimate of drug-likeness (QED) is 0.482. The first-order valence-electron chi connectivity index (χ1n) is 13.4. The van der Waals surface area contributed by atoms with Crippen molar-refractivity contribution in [3.05, 3.63) is 49.1 Å². The van der Waals surface area contributed by atoms with Gasteiger partial charge in [-0.05, 0) is 37.8 Å². The Morgan fingerprint density at radius 1 is 1.05 bits per heavy atom. The monoisotopic (exact) mass is 528 g/mol. The van der Waals surface area contributed by atoms with Crippen LogP contribution in [-0.2, 0) is 4.79 Å². The molecule has 3 aliphatic rings. The second-order valence-electron chi connectivity index (χ2n) is 10.9. The molecule has 3 aromatic rings. The van der Waals surface area contributed by atoms with E-state index in [1.165, 1.54) is 12.3 Å². The number of aromatic nitrogens is 4. The summed E-state index contributed by atoms with van der Waals surface area (Å²) in [7, 11) is 1.58. The van der Waals surface area contributed by atoms with Crippen molar-refractivity contribution in [1.29, 1.82) is 5.26 Å². The number of carbonyl (C=O) groups excluding carboxylic acids is 2. The number of hydrogen-bond acceptors (Lipinski definition) is 6. The lowest BCUT2D eigenvalue weighted by Crippen LogP contribution is -2.62. The van der Waals surface area contributed by atoms with Crippen molar-refractivity contribution in [2.24, 2.45) is 5.41 Å². The SMILES string of the molecule is C=CC(=O)N1CC2(CCN(C(=O)N3CCC(n4cc(-c5cc(OC)c6c(C#N)cnn6c5)cn4)CC3)CC2)C1. The zero-order chi connectivity index (χ0) is 27.1. The fourth-order valence-corrected chi connectivity index (χ4v) is 6.23. The Kier molecular flexibility index (Phi) is 6.25. The predicted molar refractivity (Wildman–Crippen MR) is 143 cm³/mol.